The zero-order valence-corrected chi connectivity index (χ0v) is 16.7. The number of benzene rings is 1. The molecule has 8 heteroatoms. The number of fused-ring (bicyclic) bond motifs is 1. The zero-order valence-electron chi connectivity index (χ0n) is 15.9. The van der Waals surface area contributed by atoms with Gasteiger partial charge < -0.3 is 15.0 Å². The van der Waals surface area contributed by atoms with E-state index in [9.17, 15) is 9.59 Å². The number of hydrogen-bond acceptors (Lipinski definition) is 4. The van der Waals surface area contributed by atoms with E-state index in [1.54, 1.807) is 18.1 Å². The Morgan fingerprint density at radius 1 is 1.32 bits per heavy atom. The van der Waals surface area contributed by atoms with E-state index < -0.39 is 5.60 Å². The largest absolute Gasteiger partial charge is 0.487 e. The molecule has 1 saturated heterocycles. The fraction of sp³-hybridized carbons (Fsp3) is 0.450. The van der Waals surface area contributed by atoms with Gasteiger partial charge in [-0.15, -0.1) is 0 Å². The van der Waals surface area contributed by atoms with Gasteiger partial charge in [0.2, 0.25) is 5.91 Å². The maximum atomic E-state index is 12.8. The van der Waals surface area contributed by atoms with Crippen LogP contribution in [0, 0.1) is 0 Å². The lowest BCUT2D eigenvalue weighted by Gasteiger charge is -2.42. The van der Waals surface area contributed by atoms with Crippen LogP contribution in [-0.4, -0.2) is 45.7 Å². The van der Waals surface area contributed by atoms with Gasteiger partial charge in [-0.05, 0) is 12.5 Å². The average Bonchev–Trinajstić information content (AvgIpc) is 2.96. The number of carbonyl (C=O) groups excluding carboxylic acids is 2. The Kier molecular flexibility index (Phi) is 4.79. The predicted octanol–water partition coefficient (Wildman–Crippen LogP) is 2.71. The van der Waals surface area contributed by atoms with Crippen molar-refractivity contribution in [3.05, 3.63) is 46.7 Å². The van der Waals surface area contributed by atoms with E-state index in [1.165, 1.54) is 4.68 Å². The van der Waals surface area contributed by atoms with Gasteiger partial charge in [-0.2, -0.15) is 5.10 Å². The van der Waals surface area contributed by atoms with Crippen molar-refractivity contribution in [2.75, 3.05) is 13.6 Å². The molecule has 1 fully saturated rings. The van der Waals surface area contributed by atoms with Gasteiger partial charge in [-0.3, -0.25) is 14.3 Å². The van der Waals surface area contributed by atoms with Gasteiger partial charge in [-0.1, -0.05) is 29.8 Å². The summed E-state index contributed by atoms with van der Waals surface area (Å²) in [4.78, 5) is 26.7. The Balaban J connectivity index is 1.63. The van der Waals surface area contributed by atoms with Gasteiger partial charge in [0, 0.05) is 51.7 Å². The molecule has 1 aromatic heterocycles. The molecule has 0 saturated carbocycles. The minimum absolute atomic E-state index is 0.125. The Morgan fingerprint density at radius 3 is 2.86 bits per heavy atom. The van der Waals surface area contributed by atoms with Crippen LogP contribution >= 0.6 is 11.6 Å². The second kappa shape index (κ2) is 7.13. The molecule has 2 aromatic rings. The van der Waals surface area contributed by atoms with Crippen molar-refractivity contribution < 1.29 is 14.3 Å². The van der Waals surface area contributed by atoms with Crippen molar-refractivity contribution in [1.82, 2.24) is 20.0 Å². The molecular formula is C20H23ClN4O3. The van der Waals surface area contributed by atoms with E-state index in [4.69, 9.17) is 16.3 Å². The van der Waals surface area contributed by atoms with Crippen molar-refractivity contribution >= 4 is 23.4 Å². The highest BCUT2D eigenvalue weighted by Gasteiger charge is 2.43. The fourth-order valence-corrected chi connectivity index (χ4v) is 4.30. The number of carbonyl (C=O) groups is 2. The van der Waals surface area contributed by atoms with Crippen molar-refractivity contribution in [2.24, 2.45) is 7.05 Å². The summed E-state index contributed by atoms with van der Waals surface area (Å²) >= 11 is 6.14. The molecule has 4 rings (SSSR count). The van der Waals surface area contributed by atoms with Gasteiger partial charge in [0.05, 0.1) is 11.1 Å². The number of hydrogen-bond donors (Lipinski definition) is 1. The van der Waals surface area contributed by atoms with E-state index in [0.29, 0.717) is 30.8 Å². The summed E-state index contributed by atoms with van der Waals surface area (Å²) in [5, 5.41) is 7.56. The number of aromatic nitrogens is 2. The molecule has 1 N–H and O–H groups in total. The first-order valence-electron chi connectivity index (χ1n) is 9.39. The Morgan fingerprint density at radius 2 is 2.11 bits per heavy atom. The van der Waals surface area contributed by atoms with E-state index >= 15 is 0 Å². The zero-order chi connectivity index (χ0) is 19.9. The summed E-state index contributed by atoms with van der Waals surface area (Å²) in [5.74, 6) is 0.563. The predicted molar refractivity (Wildman–Crippen MR) is 104 cm³/mol. The molecule has 0 radical (unpaired) electrons. The molecule has 1 spiro atoms. The van der Waals surface area contributed by atoms with Gasteiger partial charge in [0.15, 0.2) is 5.69 Å². The standard InChI is InChI=1S/C20H23ClN4O3/c1-24-10-9-20(8-7-17(24)26)11-15(13-5-3-4-6-16(13)28-20)22-19(27)18-14(21)12-25(2)23-18/h3-6,12,15H,7-11H2,1-2H3,(H,22,27)/t15-,20+/m0/s1. The first-order chi connectivity index (χ1) is 13.4. The van der Waals surface area contributed by atoms with Crippen LogP contribution in [0.2, 0.25) is 5.02 Å². The van der Waals surface area contributed by atoms with Gasteiger partial charge in [0.25, 0.3) is 5.91 Å². The number of likely N-dealkylation sites (tertiary alicyclic amines) is 1. The summed E-state index contributed by atoms with van der Waals surface area (Å²) in [6, 6.07) is 7.48. The number of nitrogens with one attached hydrogen (secondary N) is 1. The molecular weight excluding hydrogens is 380 g/mol. The first kappa shape index (κ1) is 18.8. The molecule has 1 aromatic carbocycles. The normalized spacial score (nSPS) is 24.5. The maximum absolute atomic E-state index is 12.8. The maximum Gasteiger partial charge on any atom is 0.273 e. The lowest BCUT2D eigenvalue weighted by molar-refractivity contribution is -0.129. The average molecular weight is 403 g/mol. The van der Waals surface area contributed by atoms with Gasteiger partial charge >= 0.3 is 0 Å². The topological polar surface area (TPSA) is 76.5 Å². The first-order valence-corrected chi connectivity index (χ1v) is 9.77. The second-order valence-electron chi connectivity index (χ2n) is 7.62. The summed E-state index contributed by atoms with van der Waals surface area (Å²) < 4.78 is 7.92. The van der Waals surface area contributed by atoms with E-state index in [2.05, 4.69) is 10.4 Å². The summed E-state index contributed by atoms with van der Waals surface area (Å²) in [7, 11) is 3.54. The Hall–Kier alpha value is -2.54. The SMILES string of the molecule is CN1CC[C@]2(CCC1=O)C[C@H](NC(=O)c1nn(C)cc1Cl)c1ccccc1O2. The smallest absolute Gasteiger partial charge is 0.273 e. The van der Waals surface area contributed by atoms with Crippen LogP contribution in [0.1, 0.15) is 47.8 Å². The third-order valence-electron chi connectivity index (χ3n) is 5.62. The molecule has 0 aliphatic carbocycles. The van der Waals surface area contributed by atoms with Crippen LogP contribution in [0.5, 0.6) is 5.75 Å². The fourth-order valence-electron chi connectivity index (χ4n) is 4.04. The molecule has 2 aliphatic heterocycles. The molecule has 2 atom stereocenters. The number of amides is 2. The van der Waals surface area contributed by atoms with Gasteiger partial charge in [0.1, 0.15) is 11.4 Å². The molecule has 3 heterocycles. The number of halogens is 1. The number of nitrogens with zero attached hydrogens (tertiary/aromatic N) is 3. The lowest BCUT2D eigenvalue weighted by atomic mass is 9.82. The van der Waals surface area contributed by atoms with Crippen molar-refractivity contribution in [2.45, 2.75) is 37.3 Å². The van der Waals surface area contributed by atoms with E-state index in [0.717, 1.165) is 17.7 Å². The van der Waals surface area contributed by atoms with Crippen LogP contribution in [-0.2, 0) is 11.8 Å². The van der Waals surface area contributed by atoms with Crippen LogP contribution in [0.15, 0.2) is 30.5 Å². The minimum atomic E-state index is -0.485. The van der Waals surface area contributed by atoms with Crippen molar-refractivity contribution in [1.29, 1.82) is 0 Å². The minimum Gasteiger partial charge on any atom is -0.487 e. The van der Waals surface area contributed by atoms with Crippen LogP contribution in [0.4, 0.5) is 0 Å². The molecule has 2 amide bonds. The van der Waals surface area contributed by atoms with Crippen LogP contribution in [0.3, 0.4) is 0 Å². The highest BCUT2D eigenvalue weighted by atomic mass is 35.5. The lowest BCUT2D eigenvalue weighted by Crippen LogP contribution is -2.46. The van der Waals surface area contributed by atoms with E-state index in [-0.39, 0.29) is 23.6 Å². The second-order valence-corrected chi connectivity index (χ2v) is 8.02. The molecule has 2 aliphatic rings. The molecule has 0 bridgehead atoms. The molecule has 148 valence electrons. The van der Waals surface area contributed by atoms with Gasteiger partial charge in [-0.25, -0.2) is 0 Å². The highest BCUT2D eigenvalue weighted by molar-refractivity contribution is 6.33. The van der Waals surface area contributed by atoms with Crippen LogP contribution < -0.4 is 10.1 Å². The number of rotatable bonds is 2. The Labute approximate surface area is 168 Å². The quantitative estimate of drug-likeness (QED) is 0.837. The number of para-hydroxylation sites is 1. The number of ether oxygens (including phenoxy) is 1. The summed E-state index contributed by atoms with van der Waals surface area (Å²) in [6.45, 7) is 0.633. The van der Waals surface area contributed by atoms with Crippen LogP contribution in [0.25, 0.3) is 0 Å². The monoisotopic (exact) mass is 402 g/mol. The van der Waals surface area contributed by atoms with Crippen molar-refractivity contribution in [3.63, 3.8) is 0 Å². The Bertz CT molecular complexity index is 928. The highest BCUT2D eigenvalue weighted by Crippen LogP contribution is 2.44. The third kappa shape index (κ3) is 3.46. The van der Waals surface area contributed by atoms with Crippen molar-refractivity contribution in [3.8, 4) is 5.75 Å². The summed E-state index contributed by atoms with van der Waals surface area (Å²) in [6.07, 6.45) is 3.98. The van der Waals surface area contributed by atoms with E-state index in [1.807, 2.05) is 31.3 Å². The summed E-state index contributed by atoms with van der Waals surface area (Å²) in [5.41, 5.74) is 0.649. The number of aryl methyl sites for hydroxylation is 1. The third-order valence-corrected chi connectivity index (χ3v) is 5.90. The molecule has 0 unspecified atom stereocenters. The molecule has 7 nitrogen and oxygen atoms in total. The molecule has 28 heavy (non-hydrogen) atoms.